The Morgan fingerprint density at radius 1 is 1.33 bits per heavy atom. The van der Waals surface area contributed by atoms with E-state index in [9.17, 15) is 4.39 Å². The zero-order valence-corrected chi connectivity index (χ0v) is 14.0. The third-order valence-electron chi connectivity index (χ3n) is 4.92. The van der Waals surface area contributed by atoms with Crippen molar-refractivity contribution in [3.63, 3.8) is 0 Å². The van der Waals surface area contributed by atoms with Crippen molar-refractivity contribution in [2.75, 3.05) is 25.9 Å². The van der Waals surface area contributed by atoms with Gasteiger partial charge >= 0.3 is 0 Å². The van der Waals surface area contributed by atoms with Gasteiger partial charge in [-0.3, -0.25) is 4.90 Å². The minimum absolute atomic E-state index is 0.0513. The molecule has 4 nitrogen and oxygen atoms in total. The number of nitrogens with one attached hydrogen (secondary N) is 1. The summed E-state index contributed by atoms with van der Waals surface area (Å²) >= 11 is 0. The molecule has 4 rings (SSSR count). The van der Waals surface area contributed by atoms with Gasteiger partial charge in [-0.05, 0) is 37.2 Å². The van der Waals surface area contributed by atoms with Crippen molar-refractivity contribution in [3.05, 3.63) is 51.8 Å². The Hall–Kier alpha value is -2.27. The number of ether oxygens (including phenoxy) is 1. The highest BCUT2D eigenvalue weighted by Gasteiger charge is 2.29. The highest BCUT2D eigenvalue weighted by atomic mass is 19.1. The molecule has 1 aliphatic heterocycles. The number of likely N-dealkylation sites (N-methyl/N-ethyl adjacent to an activating group) is 1. The fraction of sp³-hybridized carbons (Fsp3) is 0.368. The van der Waals surface area contributed by atoms with Crippen LogP contribution in [0.15, 0.2) is 24.3 Å². The Bertz CT molecular complexity index is 876. The Morgan fingerprint density at radius 2 is 2.12 bits per heavy atom. The third kappa shape index (κ3) is 2.59. The van der Waals surface area contributed by atoms with Gasteiger partial charge in [0.05, 0.1) is 0 Å². The number of aromatic amines is 1. The molecule has 0 bridgehead atoms. The normalized spacial score (nSPS) is 21.1. The van der Waals surface area contributed by atoms with Crippen LogP contribution >= 0.6 is 0 Å². The van der Waals surface area contributed by atoms with E-state index in [4.69, 9.17) is 10.5 Å². The molecular weight excluding hydrogens is 305 g/mol. The minimum Gasteiger partial charge on any atom is -0.491 e. The zero-order chi connectivity index (χ0) is 16.8. The second kappa shape index (κ2) is 5.67. The van der Waals surface area contributed by atoms with E-state index in [2.05, 4.69) is 23.0 Å². The van der Waals surface area contributed by atoms with Crippen LogP contribution in [0.1, 0.15) is 23.5 Å². The smallest absolute Gasteiger partial charge is 0.127 e. The van der Waals surface area contributed by atoms with Crippen molar-refractivity contribution in [2.45, 2.75) is 25.4 Å². The van der Waals surface area contributed by atoms with Gasteiger partial charge < -0.3 is 15.5 Å². The number of likely N-dealkylation sites (tertiary alicyclic amines) is 1. The first-order valence-electron chi connectivity index (χ1n) is 8.31. The van der Waals surface area contributed by atoms with E-state index in [0.717, 1.165) is 40.5 Å². The maximum atomic E-state index is 14.4. The van der Waals surface area contributed by atoms with Gasteiger partial charge in [-0.2, -0.15) is 0 Å². The number of nitrogen functional groups attached to an aromatic ring is 1. The lowest BCUT2D eigenvalue weighted by Gasteiger charge is -2.37. The molecule has 2 aromatic rings. The fourth-order valence-corrected chi connectivity index (χ4v) is 3.75. The molecule has 1 atom stereocenters. The molecule has 5 heteroatoms. The molecule has 1 fully saturated rings. The number of H-pyrrole nitrogens is 1. The van der Waals surface area contributed by atoms with Crippen molar-refractivity contribution in [1.82, 2.24) is 9.88 Å². The van der Waals surface area contributed by atoms with E-state index in [1.165, 1.54) is 6.07 Å². The van der Waals surface area contributed by atoms with Gasteiger partial charge in [0.2, 0.25) is 0 Å². The molecule has 24 heavy (non-hydrogen) atoms. The number of benzene rings is 1. The third-order valence-corrected chi connectivity index (χ3v) is 4.92. The van der Waals surface area contributed by atoms with Crippen molar-refractivity contribution in [1.29, 1.82) is 0 Å². The number of aryl methyl sites for hydroxylation is 1. The molecule has 1 aromatic carbocycles. The largest absolute Gasteiger partial charge is 0.491 e. The molecule has 126 valence electrons. The fourth-order valence-electron chi connectivity index (χ4n) is 3.75. The van der Waals surface area contributed by atoms with Gasteiger partial charge in [-0.15, -0.1) is 0 Å². The van der Waals surface area contributed by atoms with Crippen molar-refractivity contribution >= 4 is 17.7 Å². The molecule has 1 aromatic heterocycles. The molecule has 1 unspecified atom stereocenters. The standard InChI is InChI=1S/C19H22FN3O/c1-11-4-3-5-15(20)19(11)12-6-16-14(8-18(21)22-16)17(7-12)24-13-9-23(2)10-13/h3-6,8,12-13,22H,7,9-10,21H2,1-2H3. The van der Waals surface area contributed by atoms with E-state index in [1.54, 1.807) is 6.07 Å². The van der Waals surface area contributed by atoms with Gasteiger partial charge in [-0.1, -0.05) is 18.2 Å². The number of nitrogens with zero attached hydrogens (tertiary/aromatic N) is 1. The number of hydrogen-bond donors (Lipinski definition) is 2. The van der Waals surface area contributed by atoms with Crippen LogP contribution in [0.25, 0.3) is 11.8 Å². The first-order valence-corrected chi connectivity index (χ1v) is 8.31. The van der Waals surface area contributed by atoms with Crippen LogP contribution in [-0.2, 0) is 4.74 Å². The lowest BCUT2D eigenvalue weighted by Crippen LogP contribution is -2.50. The molecular formula is C19H22FN3O. The molecule has 0 radical (unpaired) electrons. The number of nitrogens with two attached hydrogens (primary N) is 1. The molecule has 2 heterocycles. The zero-order valence-electron chi connectivity index (χ0n) is 14.0. The van der Waals surface area contributed by atoms with E-state index < -0.39 is 0 Å². The first-order chi connectivity index (χ1) is 11.5. The quantitative estimate of drug-likeness (QED) is 0.897. The van der Waals surface area contributed by atoms with E-state index in [0.29, 0.717) is 12.2 Å². The number of rotatable bonds is 3. The van der Waals surface area contributed by atoms with Crippen LogP contribution < -0.4 is 16.3 Å². The summed E-state index contributed by atoms with van der Waals surface area (Å²) in [7, 11) is 2.07. The second-order valence-corrected chi connectivity index (χ2v) is 6.88. The molecule has 1 saturated heterocycles. The van der Waals surface area contributed by atoms with Crippen LogP contribution in [0.2, 0.25) is 0 Å². The number of anilines is 1. The highest BCUT2D eigenvalue weighted by molar-refractivity contribution is 5.56. The van der Waals surface area contributed by atoms with Crippen molar-refractivity contribution in [2.24, 2.45) is 0 Å². The summed E-state index contributed by atoms with van der Waals surface area (Å²) in [5.41, 5.74) is 7.64. The van der Waals surface area contributed by atoms with Crippen LogP contribution in [-0.4, -0.2) is 36.1 Å². The van der Waals surface area contributed by atoms with E-state index in [-0.39, 0.29) is 17.8 Å². The Labute approximate surface area is 140 Å². The van der Waals surface area contributed by atoms with E-state index >= 15 is 0 Å². The first kappa shape index (κ1) is 15.3. The molecule has 1 aliphatic carbocycles. The van der Waals surface area contributed by atoms with Gasteiger partial charge in [-0.25, -0.2) is 4.39 Å². The minimum atomic E-state index is -0.165. The second-order valence-electron chi connectivity index (χ2n) is 6.88. The highest BCUT2D eigenvalue weighted by Crippen LogP contribution is 2.32. The summed E-state index contributed by atoms with van der Waals surface area (Å²) in [5.74, 6) is 1.30. The summed E-state index contributed by atoms with van der Waals surface area (Å²) in [6.45, 7) is 3.80. The lowest BCUT2D eigenvalue weighted by atomic mass is 9.88. The summed E-state index contributed by atoms with van der Waals surface area (Å²) in [6, 6.07) is 7.14. The van der Waals surface area contributed by atoms with Crippen LogP contribution in [0.5, 0.6) is 0 Å². The van der Waals surface area contributed by atoms with Crippen LogP contribution in [0.3, 0.4) is 0 Å². The number of halogens is 1. The monoisotopic (exact) mass is 327 g/mol. The summed E-state index contributed by atoms with van der Waals surface area (Å²) in [6.07, 6.45) is 2.93. The molecule has 0 saturated carbocycles. The predicted octanol–water partition coefficient (Wildman–Crippen LogP) is 1.45. The lowest BCUT2D eigenvalue weighted by molar-refractivity contribution is 0.0141. The molecule has 3 N–H and O–H groups in total. The Balaban J connectivity index is 1.75. The maximum absolute atomic E-state index is 14.4. The predicted molar refractivity (Wildman–Crippen MR) is 93.2 cm³/mol. The van der Waals surface area contributed by atoms with Gasteiger partial charge in [0, 0.05) is 36.0 Å². The number of fused-ring (bicyclic) bond motifs is 1. The van der Waals surface area contributed by atoms with Gasteiger partial charge in [0.1, 0.15) is 23.5 Å². The average Bonchev–Trinajstić information content (AvgIpc) is 2.86. The Kier molecular flexibility index (Phi) is 3.61. The SMILES string of the molecule is Cc1cccc(F)c1C1C=c2[nH]c(N)cc2=C(OC2CN(C)C2)C1. The van der Waals surface area contributed by atoms with Crippen LogP contribution in [0.4, 0.5) is 10.2 Å². The van der Waals surface area contributed by atoms with Crippen molar-refractivity contribution < 1.29 is 9.13 Å². The summed E-state index contributed by atoms with van der Waals surface area (Å²) in [5, 5.41) is 1.93. The van der Waals surface area contributed by atoms with E-state index in [1.807, 2.05) is 19.1 Å². The maximum Gasteiger partial charge on any atom is 0.127 e. The van der Waals surface area contributed by atoms with Crippen molar-refractivity contribution in [3.8, 4) is 0 Å². The van der Waals surface area contributed by atoms with Crippen LogP contribution in [0, 0.1) is 12.7 Å². The van der Waals surface area contributed by atoms with Gasteiger partial charge in [0.25, 0.3) is 0 Å². The number of aromatic nitrogens is 1. The Morgan fingerprint density at radius 3 is 2.83 bits per heavy atom. The van der Waals surface area contributed by atoms with Gasteiger partial charge in [0.15, 0.2) is 0 Å². The molecule has 0 amide bonds. The molecule has 2 aliphatic rings. The summed E-state index contributed by atoms with van der Waals surface area (Å²) < 4.78 is 20.6. The number of hydrogen-bond acceptors (Lipinski definition) is 3. The summed E-state index contributed by atoms with van der Waals surface area (Å²) in [4.78, 5) is 5.39. The topological polar surface area (TPSA) is 54.3 Å². The average molecular weight is 327 g/mol. The molecule has 0 spiro atoms.